The number of rotatable bonds is 7. The van der Waals surface area contributed by atoms with Crippen molar-refractivity contribution in [2.75, 3.05) is 5.32 Å². The summed E-state index contributed by atoms with van der Waals surface area (Å²) in [5.41, 5.74) is 1.50. The summed E-state index contributed by atoms with van der Waals surface area (Å²) in [4.78, 5) is 36.7. The number of carbonyl (C=O) groups is 2. The summed E-state index contributed by atoms with van der Waals surface area (Å²) < 4.78 is 0. The Morgan fingerprint density at radius 2 is 1.94 bits per heavy atom. The third-order valence-corrected chi connectivity index (χ3v) is 6.31. The lowest BCUT2D eigenvalue weighted by molar-refractivity contribution is -0.127. The van der Waals surface area contributed by atoms with E-state index in [1.165, 1.54) is 13.3 Å². The van der Waals surface area contributed by atoms with Crippen LogP contribution >= 0.6 is 11.6 Å². The number of carbonyl (C=O) groups excluding carboxylic acids is 2. The Morgan fingerprint density at radius 3 is 2.65 bits per heavy atom. The summed E-state index contributed by atoms with van der Waals surface area (Å²) >= 11 is 6.23. The van der Waals surface area contributed by atoms with E-state index < -0.39 is 6.10 Å². The zero-order valence-corrected chi connectivity index (χ0v) is 18.0. The van der Waals surface area contributed by atoms with Crippen LogP contribution in [-0.2, 0) is 4.79 Å². The van der Waals surface area contributed by atoms with Crippen molar-refractivity contribution >= 4 is 40.0 Å². The van der Waals surface area contributed by atoms with Crippen molar-refractivity contribution in [1.29, 1.82) is 0 Å². The zero-order valence-electron chi connectivity index (χ0n) is 17.3. The SMILES string of the molecule is C[C@@H](O)C(=O)CC1CCC(Nc2ncnc3[nH]cc(C(=O)c4ccccc4Cl)c23)CC1. The van der Waals surface area contributed by atoms with Crippen LogP contribution in [-0.4, -0.2) is 43.8 Å². The van der Waals surface area contributed by atoms with Gasteiger partial charge in [0.15, 0.2) is 11.6 Å². The van der Waals surface area contributed by atoms with Gasteiger partial charge >= 0.3 is 0 Å². The molecule has 0 spiro atoms. The number of aliphatic hydroxyl groups is 1. The number of nitrogens with one attached hydrogen (secondary N) is 2. The maximum Gasteiger partial charge on any atom is 0.196 e. The summed E-state index contributed by atoms with van der Waals surface area (Å²) in [6, 6.07) is 7.16. The first-order valence-electron chi connectivity index (χ1n) is 10.5. The van der Waals surface area contributed by atoms with E-state index in [1.54, 1.807) is 30.5 Å². The third kappa shape index (κ3) is 4.62. The van der Waals surface area contributed by atoms with E-state index in [0.717, 1.165) is 25.7 Å². The molecule has 0 unspecified atom stereocenters. The molecule has 2 aromatic heterocycles. The number of hydrogen-bond donors (Lipinski definition) is 3. The summed E-state index contributed by atoms with van der Waals surface area (Å²) in [5, 5.41) is 14.0. The number of aliphatic hydroxyl groups excluding tert-OH is 1. The number of nitrogens with zero attached hydrogens (tertiary/aromatic N) is 2. The van der Waals surface area contributed by atoms with Crippen LogP contribution in [0.1, 0.15) is 54.9 Å². The Hall–Kier alpha value is -2.77. The molecule has 1 saturated carbocycles. The maximum absolute atomic E-state index is 13.1. The van der Waals surface area contributed by atoms with E-state index in [1.807, 2.05) is 0 Å². The highest BCUT2D eigenvalue weighted by Gasteiger charge is 2.26. The monoisotopic (exact) mass is 440 g/mol. The number of hydrogen-bond acceptors (Lipinski definition) is 6. The Labute approximate surface area is 185 Å². The fourth-order valence-electron chi connectivity index (χ4n) is 4.20. The Bertz CT molecular complexity index is 1100. The highest BCUT2D eigenvalue weighted by Crippen LogP contribution is 2.32. The van der Waals surface area contributed by atoms with E-state index in [0.29, 0.717) is 45.3 Å². The first-order chi connectivity index (χ1) is 14.9. The molecule has 1 aliphatic rings. The van der Waals surface area contributed by atoms with Gasteiger partial charge in [-0.25, -0.2) is 9.97 Å². The fraction of sp³-hybridized carbons (Fsp3) is 0.391. The second kappa shape index (κ2) is 9.16. The molecule has 3 N–H and O–H groups in total. The topological polar surface area (TPSA) is 108 Å². The predicted molar refractivity (Wildman–Crippen MR) is 119 cm³/mol. The number of halogens is 1. The molecule has 4 rings (SSSR count). The minimum atomic E-state index is -0.896. The van der Waals surface area contributed by atoms with E-state index in [2.05, 4.69) is 20.3 Å². The van der Waals surface area contributed by atoms with E-state index in [-0.39, 0.29) is 17.6 Å². The van der Waals surface area contributed by atoms with Crippen molar-refractivity contribution in [3.63, 3.8) is 0 Å². The molecule has 8 heteroatoms. The van der Waals surface area contributed by atoms with Crippen LogP contribution in [0.5, 0.6) is 0 Å². The number of Topliss-reactive ketones (excluding diaryl/α,β-unsaturated/α-hetero) is 1. The van der Waals surface area contributed by atoms with E-state index in [4.69, 9.17) is 11.6 Å². The van der Waals surface area contributed by atoms with Gasteiger partial charge < -0.3 is 15.4 Å². The molecule has 7 nitrogen and oxygen atoms in total. The number of aromatic amines is 1. The van der Waals surface area contributed by atoms with Crippen LogP contribution in [0.3, 0.4) is 0 Å². The largest absolute Gasteiger partial charge is 0.386 e. The van der Waals surface area contributed by atoms with Gasteiger partial charge in [0.05, 0.1) is 16.0 Å². The Kier molecular flexibility index (Phi) is 6.34. The second-order valence-electron chi connectivity index (χ2n) is 8.17. The Balaban J connectivity index is 1.52. The van der Waals surface area contributed by atoms with Crippen molar-refractivity contribution in [3.05, 3.63) is 52.9 Å². The summed E-state index contributed by atoms with van der Waals surface area (Å²) in [5.74, 6) is 0.638. The molecule has 2 heterocycles. The van der Waals surface area contributed by atoms with Crippen LogP contribution in [0.2, 0.25) is 5.02 Å². The average Bonchev–Trinajstić information content (AvgIpc) is 3.20. The van der Waals surface area contributed by atoms with Gasteiger partial charge in [0.2, 0.25) is 0 Å². The number of ketones is 2. The summed E-state index contributed by atoms with van der Waals surface area (Å²) in [6.45, 7) is 1.52. The number of aromatic nitrogens is 3. The van der Waals surface area contributed by atoms with E-state index in [9.17, 15) is 14.7 Å². The van der Waals surface area contributed by atoms with Gasteiger partial charge in [-0.15, -0.1) is 0 Å². The number of H-pyrrole nitrogens is 1. The molecular formula is C23H25ClN4O3. The van der Waals surface area contributed by atoms with Crippen molar-refractivity contribution < 1.29 is 14.7 Å². The molecule has 31 heavy (non-hydrogen) atoms. The fourth-order valence-corrected chi connectivity index (χ4v) is 4.42. The third-order valence-electron chi connectivity index (χ3n) is 5.98. The summed E-state index contributed by atoms with van der Waals surface area (Å²) in [7, 11) is 0. The van der Waals surface area contributed by atoms with Gasteiger partial charge in [-0.1, -0.05) is 23.7 Å². The van der Waals surface area contributed by atoms with Crippen LogP contribution in [0, 0.1) is 5.92 Å². The predicted octanol–water partition coefficient (Wildman–Crippen LogP) is 4.15. The first kappa shape index (κ1) is 21.5. The van der Waals surface area contributed by atoms with Crippen molar-refractivity contribution in [3.8, 4) is 0 Å². The lowest BCUT2D eigenvalue weighted by Gasteiger charge is -2.29. The molecule has 1 aliphatic carbocycles. The van der Waals surface area contributed by atoms with Crippen molar-refractivity contribution in [2.45, 2.75) is 51.2 Å². The van der Waals surface area contributed by atoms with Gasteiger partial charge in [-0.2, -0.15) is 0 Å². The normalized spacial score (nSPS) is 19.8. The minimum Gasteiger partial charge on any atom is -0.386 e. The van der Waals surface area contributed by atoms with Gasteiger partial charge in [0.1, 0.15) is 23.9 Å². The molecule has 0 aliphatic heterocycles. The smallest absolute Gasteiger partial charge is 0.196 e. The highest BCUT2D eigenvalue weighted by molar-refractivity contribution is 6.35. The van der Waals surface area contributed by atoms with Gasteiger partial charge in [0, 0.05) is 24.2 Å². The lowest BCUT2D eigenvalue weighted by atomic mass is 9.82. The number of fused-ring (bicyclic) bond motifs is 1. The quantitative estimate of drug-likeness (QED) is 0.476. The van der Waals surface area contributed by atoms with Crippen LogP contribution in [0.15, 0.2) is 36.8 Å². The average molecular weight is 441 g/mol. The second-order valence-corrected chi connectivity index (χ2v) is 8.57. The molecule has 0 amide bonds. The minimum absolute atomic E-state index is 0.0935. The van der Waals surface area contributed by atoms with E-state index >= 15 is 0 Å². The molecule has 1 atom stereocenters. The highest BCUT2D eigenvalue weighted by atomic mass is 35.5. The molecule has 0 radical (unpaired) electrons. The van der Waals surface area contributed by atoms with Crippen LogP contribution in [0.4, 0.5) is 5.82 Å². The van der Waals surface area contributed by atoms with Crippen molar-refractivity contribution in [2.24, 2.45) is 5.92 Å². The standard InChI is InChI=1S/C23H25ClN4O3/c1-13(29)19(30)10-14-6-8-15(9-7-14)28-23-20-17(11-25-22(20)26-12-27-23)21(31)16-4-2-3-5-18(16)24/h2-5,11-15,29H,6-10H2,1H3,(H2,25,26,27,28)/t13-,14?,15?/m1/s1. The molecule has 0 saturated heterocycles. The summed E-state index contributed by atoms with van der Waals surface area (Å²) in [6.07, 6.45) is 6.24. The molecule has 162 valence electrons. The molecular weight excluding hydrogens is 416 g/mol. The van der Waals surface area contributed by atoms with Crippen molar-refractivity contribution in [1.82, 2.24) is 15.0 Å². The lowest BCUT2D eigenvalue weighted by Crippen LogP contribution is -2.29. The molecule has 3 aromatic rings. The molecule has 0 bridgehead atoms. The number of anilines is 1. The molecule has 1 aromatic carbocycles. The van der Waals surface area contributed by atoms with Crippen LogP contribution in [0.25, 0.3) is 11.0 Å². The molecule has 1 fully saturated rings. The first-order valence-corrected chi connectivity index (χ1v) is 10.9. The van der Waals surface area contributed by atoms with Gasteiger partial charge in [-0.05, 0) is 50.7 Å². The van der Waals surface area contributed by atoms with Crippen LogP contribution < -0.4 is 5.32 Å². The Morgan fingerprint density at radius 1 is 1.19 bits per heavy atom. The zero-order chi connectivity index (χ0) is 22.0. The van der Waals surface area contributed by atoms with Gasteiger partial charge in [-0.3, -0.25) is 9.59 Å². The maximum atomic E-state index is 13.1. The van der Waals surface area contributed by atoms with Gasteiger partial charge in [0.25, 0.3) is 0 Å². The number of benzene rings is 1.